The van der Waals surface area contributed by atoms with Gasteiger partial charge in [0.15, 0.2) is 0 Å². The molecular weight excluding hydrogens is 222 g/mol. The van der Waals surface area contributed by atoms with Crippen molar-refractivity contribution < 1.29 is 5.11 Å². The van der Waals surface area contributed by atoms with Crippen molar-refractivity contribution in [1.82, 2.24) is 4.98 Å². The van der Waals surface area contributed by atoms with Crippen LogP contribution in [0.15, 0.2) is 36.5 Å². The molecule has 94 valence electrons. The number of hydrogen-bond acceptors (Lipinski definition) is 2. The van der Waals surface area contributed by atoms with Gasteiger partial charge in [0, 0.05) is 17.1 Å². The third-order valence-corrected chi connectivity index (χ3v) is 4.36. The molecule has 0 amide bonds. The Morgan fingerprint density at radius 3 is 2.67 bits per heavy atom. The molecule has 2 nitrogen and oxygen atoms in total. The maximum absolute atomic E-state index is 10.7. The highest BCUT2D eigenvalue weighted by Crippen LogP contribution is 2.47. The molecule has 0 bridgehead atoms. The van der Waals surface area contributed by atoms with E-state index in [1.54, 1.807) is 6.20 Å². The van der Waals surface area contributed by atoms with E-state index >= 15 is 0 Å². The van der Waals surface area contributed by atoms with Gasteiger partial charge in [0.1, 0.15) is 0 Å². The van der Waals surface area contributed by atoms with Gasteiger partial charge in [-0.25, -0.2) is 0 Å². The van der Waals surface area contributed by atoms with Gasteiger partial charge in [-0.1, -0.05) is 44.0 Å². The summed E-state index contributed by atoms with van der Waals surface area (Å²) in [5, 5.41) is 11.8. The fourth-order valence-corrected chi connectivity index (χ4v) is 3.18. The van der Waals surface area contributed by atoms with Crippen molar-refractivity contribution in [2.75, 3.05) is 0 Å². The fraction of sp³-hybridized carbons (Fsp3) is 0.438. The van der Waals surface area contributed by atoms with Gasteiger partial charge in [0.05, 0.1) is 11.6 Å². The van der Waals surface area contributed by atoms with Crippen LogP contribution in [0.4, 0.5) is 0 Å². The van der Waals surface area contributed by atoms with Crippen molar-refractivity contribution in [1.29, 1.82) is 0 Å². The summed E-state index contributed by atoms with van der Waals surface area (Å²) in [7, 11) is 0. The van der Waals surface area contributed by atoms with Gasteiger partial charge in [-0.2, -0.15) is 0 Å². The first-order chi connectivity index (χ1) is 8.71. The number of nitrogens with zero attached hydrogens (tertiary/aromatic N) is 1. The lowest BCUT2D eigenvalue weighted by Crippen LogP contribution is -2.22. The number of pyridine rings is 1. The lowest BCUT2D eigenvalue weighted by atomic mass is 9.79. The molecule has 1 aliphatic rings. The van der Waals surface area contributed by atoms with E-state index in [9.17, 15) is 5.11 Å². The number of aromatic nitrogens is 1. The summed E-state index contributed by atoms with van der Waals surface area (Å²) in [6, 6.07) is 10.1. The van der Waals surface area contributed by atoms with Gasteiger partial charge in [0.25, 0.3) is 0 Å². The average molecular weight is 241 g/mol. The molecular formula is C16H19NO. The molecule has 2 heteroatoms. The summed E-state index contributed by atoms with van der Waals surface area (Å²) < 4.78 is 0. The van der Waals surface area contributed by atoms with E-state index in [4.69, 9.17) is 0 Å². The zero-order valence-corrected chi connectivity index (χ0v) is 10.8. The highest BCUT2D eigenvalue weighted by atomic mass is 16.3. The van der Waals surface area contributed by atoms with Crippen molar-refractivity contribution >= 4 is 10.9 Å². The third kappa shape index (κ3) is 1.81. The minimum Gasteiger partial charge on any atom is -0.388 e. The molecule has 0 aliphatic heterocycles. The number of rotatable bonds is 2. The molecule has 1 unspecified atom stereocenters. The van der Waals surface area contributed by atoms with E-state index in [2.05, 4.69) is 24.0 Å². The van der Waals surface area contributed by atoms with E-state index in [1.807, 2.05) is 18.2 Å². The first kappa shape index (κ1) is 11.7. The molecule has 1 fully saturated rings. The van der Waals surface area contributed by atoms with Crippen LogP contribution in [0.3, 0.4) is 0 Å². The maximum atomic E-state index is 10.7. The molecule has 1 N–H and O–H groups in total. The van der Waals surface area contributed by atoms with Crippen molar-refractivity contribution in [3.63, 3.8) is 0 Å². The molecule has 1 aromatic heterocycles. The molecule has 0 saturated heterocycles. The van der Waals surface area contributed by atoms with Gasteiger partial charge in [0.2, 0.25) is 0 Å². The van der Waals surface area contributed by atoms with Crippen LogP contribution in [0.25, 0.3) is 10.9 Å². The van der Waals surface area contributed by atoms with Crippen LogP contribution in [0.2, 0.25) is 0 Å². The maximum Gasteiger partial charge on any atom is 0.0864 e. The molecule has 0 radical (unpaired) electrons. The fourth-order valence-electron chi connectivity index (χ4n) is 3.18. The zero-order valence-electron chi connectivity index (χ0n) is 10.8. The Kier molecular flexibility index (Phi) is 2.83. The van der Waals surface area contributed by atoms with Gasteiger partial charge in [-0.3, -0.25) is 4.98 Å². The number of fused-ring (bicyclic) bond motifs is 1. The van der Waals surface area contributed by atoms with Crippen LogP contribution < -0.4 is 0 Å². The highest BCUT2D eigenvalue weighted by molar-refractivity contribution is 5.81. The predicted octanol–water partition coefficient (Wildman–Crippen LogP) is 3.85. The van der Waals surface area contributed by atoms with E-state index < -0.39 is 6.10 Å². The van der Waals surface area contributed by atoms with Gasteiger partial charge in [-0.05, 0) is 24.3 Å². The lowest BCUT2D eigenvalue weighted by molar-refractivity contribution is 0.0419. The van der Waals surface area contributed by atoms with Crippen LogP contribution in [0, 0.1) is 5.41 Å². The van der Waals surface area contributed by atoms with Gasteiger partial charge < -0.3 is 5.11 Å². The van der Waals surface area contributed by atoms with E-state index in [0.717, 1.165) is 29.3 Å². The smallest absolute Gasteiger partial charge is 0.0864 e. The SMILES string of the molecule is CC1(C(O)c2cccc3cccnc23)CCCC1. The number of benzene rings is 1. The third-order valence-electron chi connectivity index (χ3n) is 4.36. The quantitative estimate of drug-likeness (QED) is 0.866. The standard InChI is InChI=1S/C16H19NO/c1-16(9-2-3-10-16)15(18)13-8-4-6-12-7-5-11-17-14(12)13/h4-8,11,15,18H,2-3,9-10H2,1H3. The van der Waals surface area contributed by atoms with Crippen molar-refractivity contribution in [3.8, 4) is 0 Å². The molecule has 0 spiro atoms. The second kappa shape index (κ2) is 4.36. The summed E-state index contributed by atoms with van der Waals surface area (Å²) in [5.41, 5.74) is 1.95. The topological polar surface area (TPSA) is 33.1 Å². The van der Waals surface area contributed by atoms with Crippen LogP contribution in [-0.2, 0) is 0 Å². The monoisotopic (exact) mass is 241 g/mol. The Balaban J connectivity index is 2.08. The molecule has 1 aliphatic carbocycles. The van der Waals surface area contributed by atoms with Crippen molar-refractivity contribution in [2.45, 2.75) is 38.7 Å². The number of hydrogen-bond donors (Lipinski definition) is 1. The van der Waals surface area contributed by atoms with E-state index in [-0.39, 0.29) is 5.41 Å². The number of aliphatic hydroxyl groups excluding tert-OH is 1. The molecule has 2 aromatic rings. The average Bonchev–Trinajstić information content (AvgIpc) is 2.85. The minimum absolute atomic E-state index is 0.0196. The second-order valence-electron chi connectivity index (χ2n) is 5.69. The summed E-state index contributed by atoms with van der Waals surface area (Å²) in [6.45, 7) is 2.20. The molecule has 1 aromatic carbocycles. The Morgan fingerprint density at radius 1 is 1.17 bits per heavy atom. The summed E-state index contributed by atoms with van der Waals surface area (Å²) >= 11 is 0. The highest BCUT2D eigenvalue weighted by Gasteiger charge is 2.37. The molecule has 1 saturated carbocycles. The number of aliphatic hydroxyl groups is 1. The molecule has 3 rings (SSSR count). The first-order valence-corrected chi connectivity index (χ1v) is 6.72. The van der Waals surface area contributed by atoms with Crippen LogP contribution in [0.1, 0.15) is 44.3 Å². The second-order valence-corrected chi connectivity index (χ2v) is 5.69. The summed E-state index contributed by atoms with van der Waals surface area (Å²) in [4.78, 5) is 4.44. The van der Waals surface area contributed by atoms with Crippen LogP contribution >= 0.6 is 0 Å². The van der Waals surface area contributed by atoms with E-state index in [1.165, 1.54) is 12.8 Å². The predicted molar refractivity (Wildman–Crippen MR) is 73.3 cm³/mol. The normalized spacial score (nSPS) is 20.1. The Morgan fingerprint density at radius 2 is 1.89 bits per heavy atom. The number of para-hydroxylation sites is 1. The molecule has 18 heavy (non-hydrogen) atoms. The Labute approximate surface area is 108 Å². The van der Waals surface area contributed by atoms with Crippen molar-refractivity contribution in [3.05, 3.63) is 42.1 Å². The van der Waals surface area contributed by atoms with E-state index in [0.29, 0.717) is 0 Å². The lowest BCUT2D eigenvalue weighted by Gasteiger charge is -2.30. The Bertz CT molecular complexity index is 553. The minimum atomic E-state index is -0.404. The van der Waals surface area contributed by atoms with Gasteiger partial charge in [-0.15, -0.1) is 0 Å². The van der Waals surface area contributed by atoms with Gasteiger partial charge >= 0.3 is 0 Å². The van der Waals surface area contributed by atoms with Crippen molar-refractivity contribution in [2.24, 2.45) is 5.41 Å². The molecule has 1 atom stereocenters. The zero-order chi connectivity index (χ0) is 12.6. The Hall–Kier alpha value is -1.41. The largest absolute Gasteiger partial charge is 0.388 e. The molecule has 1 heterocycles. The van der Waals surface area contributed by atoms with Crippen LogP contribution in [-0.4, -0.2) is 10.1 Å². The first-order valence-electron chi connectivity index (χ1n) is 6.72. The summed E-state index contributed by atoms with van der Waals surface area (Å²) in [6.07, 6.45) is 6.07. The summed E-state index contributed by atoms with van der Waals surface area (Å²) in [5.74, 6) is 0. The van der Waals surface area contributed by atoms with Crippen LogP contribution in [0.5, 0.6) is 0 Å².